The summed E-state index contributed by atoms with van der Waals surface area (Å²) in [5.41, 5.74) is 4.17. The van der Waals surface area contributed by atoms with Crippen LogP contribution in [0.5, 0.6) is 0 Å². The first-order valence-corrected chi connectivity index (χ1v) is 10.6. The summed E-state index contributed by atoms with van der Waals surface area (Å²) >= 11 is 0. The minimum Gasteiger partial charge on any atom is -0.385 e. The van der Waals surface area contributed by atoms with E-state index in [0.29, 0.717) is 6.10 Å². The maximum Gasteiger partial charge on any atom is 0.193 e. The molecule has 6 nitrogen and oxygen atoms in total. The predicted molar refractivity (Wildman–Crippen MR) is 131 cm³/mol. The van der Waals surface area contributed by atoms with Crippen LogP contribution < -0.4 is 10.2 Å². The Balaban J connectivity index is 0.00000300. The Morgan fingerprint density at radius 1 is 1.21 bits per heavy atom. The third kappa shape index (κ3) is 7.00. The Bertz CT molecular complexity index is 648. The monoisotopic (exact) mass is 516 g/mol. The Hall–Kier alpha value is -1.06. The van der Waals surface area contributed by atoms with Crippen molar-refractivity contribution in [1.82, 2.24) is 10.2 Å². The zero-order chi connectivity index (χ0) is 19.8. The van der Waals surface area contributed by atoms with Crippen molar-refractivity contribution < 1.29 is 9.47 Å². The van der Waals surface area contributed by atoms with Gasteiger partial charge in [0.2, 0.25) is 0 Å². The summed E-state index contributed by atoms with van der Waals surface area (Å²) in [7, 11) is 5.79. The number of likely N-dealkylation sites (tertiary alicyclic amines) is 1. The first-order valence-electron chi connectivity index (χ1n) is 10.6. The number of guanidine groups is 1. The van der Waals surface area contributed by atoms with E-state index >= 15 is 0 Å². The second-order valence-corrected chi connectivity index (χ2v) is 7.79. The van der Waals surface area contributed by atoms with Gasteiger partial charge in [-0.3, -0.25) is 4.99 Å². The molecule has 0 saturated carbocycles. The Morgan fingerprint density at radius 2 is 2.00 bits per heavy atom. The number of anilines is 1. The second kappa shape index (κ2) is 12.6. The molecule has 3 rings (SSSR count). The number of piperidine rings is 1. The number of nitrogens with zero attached hydrogens (tertiary/aromatic N) is 3. The zero-order valence-electron chi connectivity index (χ0n) is 18.2. The van der Waals surface area contributed by atoms with Gasteiger partial charge < -0.3 is 24.6 Å². The zero-order valence-corrected chi connectivity index (χ0v) is 20.5. The van der Waals surface area contributed by atoms with Crippen molar-refractivity contribution >= 4 is 35.6 Å². The number of methoxy groups -OCH3 is 1. The number of hydrogen-bond acceptors (Lipinski definition) is 4. The van der Waals surface area contributed by atoms with Crippen LogP contribution in [0.15, 0.2) is 23.2 Å². The first-order chi connectivity index (χ1) is 13.7. The standard InChI is InChI=1S/C22H36N4O2.HI/c1-23-22(26-12-9-20(10-13-26)28-15-5-14-27-3)24-17-18-7-8-21-19(16-18)6-4-11-25(21)2;/h7-8,16,20H,4-6,9-15,17H2,1-3H3,(H,23,24);1H. The predicted octanol–water partition coefficient (Wildman–Crippen LogP) is 3.28. The Morgan fingerprint density at radius 3 is 2.72 bits per heavy atom. The Kier molecular flexibility index (Phi) is 10.5. The number of hydrogen-bond donors (Lipinski definition) is 1. The minimum atomic E-state index is 0. The van der Waals surface area contributed by atoms with Gasteiger partial charge in [0.15, 0.2) is 5.96 Å². The molecule has 0 unspecified atom stereocenters. The van der Waals surface area contributed by atoms with Crippen molar-refractivity contribution in [1.29, 1.82) is 0 Å². The molecule has 164 valence electrons. The molecule has 0 atom stereocenters. The van der Waals surface area contributed by atoms with E-state index < -0.39 is 0 Å². The number of aliphatic imine (C=N–C) groups is 1. The van der Waals surface area contributed by atoms with Gasteiger partial charge in [-0.05, 0) is 49.3 Å². The van der Waals surface area contributed by atoms with Crippen molar-refractivity contribution in [3.63, 3.8) is 0 Å². The van der Waals surface area contributed by atoms with Crippen molar-refractivity contribution in [2.24, 2.45) is 4.99 Å². The van der Waals surface area contributed by atoms with Crippen molar-refractivity contribution in [3.05, 3.63) is 29.3 Å². The highest BCUT2D eigenvalue weighted by molar-refractivity contribution is 14.0. The summed E-state index contributed by atoms with van der Waals surface area (Å²) < 4.78 is 11.0. The molecule has 0 radical (unpaired) electrons. The molecule has 1 saturated heterocycles. The fourth-order valence-corrected chi connectivity index (χ4v) is 4.15. The summed E-state index contributed by atoms with van der Waals surface area (Å²) in [5, 5.41) is 3.55. The van der Waals surface area contributed by atoms with Crippen LogP contribution in [-0.4, -0.2) is 71.0 Å². The van der Waals surface area contributed by atoms with Gasteiger partial charge in [-0.25, -0.2) is 0 Å². The van der Waals surface area contributed by atoms with Crippen LogP contribution in [0, 0.1) is 0 Å². The molecular weight excluding hydrogens is 479 g/mol. The van der Waals surface area contributed by atoms with Crippen LogP contribution in [0.25, 0.3) is 0 Å². The molecule has 7 heteroatoms. The van der Waals surface area contributed by atoms with Crippen molar-refractivity contribution in [2.45, 2.75) is 44.8 Å². The molecule has 1 aromatic rings. The van der Waals surface area contributed by atoms with E-state index in [4.69, 9.17) is 9.47 Å². The summed E-state index contributed by atoms with van der Waals surface area (Å²) in [6.45, 7) is 5.51. The lowest BCUT2D eigenvalue weighted by molar-refractivity contribution is 0.00989. The van der Waals surface area contributed by atoms with Gasteiger partial charge in [0.05, 0.1) is 6.10 Å². The summed E-state index contributed by atoms with van der Waals surface area (Å²) in [6, 6.07) is 6.85. The lowest BCUT2D eigenvalue weighted by Gasteiger charge is -2.34. The molecule has 1 fully saturated rings. The molecule has 0 amide bonds. The molecular formula is C22H37IN4O2. The van der Waals surface area contributed by atoms with Gasteiger partial charge >= 0.3 is 0 Å². The highest BCUT2D eigenvalue weighted by atomic mass is 127. The first kappa shape index (κ1) is 24.2. The van der Waals surface area contributed by atoms with Gasteiger partial charge in [-0.1, -0.05) is 12.1 Å². The van der Waals surface area contributed by atoms with Crippen LogP contribution in [0.3, 0.4) is 0 Å². The number of aryl methyl sites for hydroxylation is 1. The molecule has 0 spiro atoms. The summed E-state index contributed by atoms with van der Waals surface area (Å²) in [4.78, 5) is 9.21. The van der Waals surface area contributed by atoms with E-state index in [-0.39, 0.29) is 24.0 Å². The lowest BCUT2D eigenvalue weighted by atomic mass is 9.99. The fraction of sp³-hybridized carbons (Fsp3) is 0.682. The minimum absolute atomic E-state index is 0. The lowest BCUT2D eigenvalue weighted by Crippen LogP contribution is -2.46. The smallest absolute Gasteiger partial charge is 0.193 e. The number of fused-ring (bicyclic) bond motifs is 1. The van der Waals surface area contributed by atoms with E-state index in [1.807, 2.05) is 7.05 Å². The molecule has 1 N–H and O–H groups in total. The second-order valence-electron chi connectivity index (χ2n) is 7.79. The average Bonchev–Trinajstić information content (AvgIpc) is 2.73. The van der Waals surface area contributed by atoms with Gasteiger partial charge in [0.25, 0.3) is 0 Å². The highest BCUT2D eigenvalue weighted by Gasteiger charge is 2.22. The third-order valence-corrected chi connectivity index (χ3v) is 5.75. The number of halogens is 1. The van der Waals surface area contributed by atoms with Gasteiger partial charge in [0, 0.05) is 66.3 Å². The molecule has 0 aromatic heterocycles. The molecule has 29 heavy (non-hydrogen) atoms. The third-order valence-electron chi connectivity index (χ3n) is 5.75. The summed E-state index contributed by atoms with van der Waals surface area (Å²) in [5.74, 6) is 0.993. The van der Waals surface area contributed by atoms with Crippen LogP contribution in [0.2, 0.25) is 0 Å². The molecule has 2 aliphatic heterocycles. The average molecular weight is 516 g/mol. The fourth-order valence-electron chi connectivity index (χ4n) is 4.15. The van der Waals surface area contributed by atoms with Crippen molar-refractivity contribution in [3.8, 4) is 0 Å². The molecule has 0 aliphatic carbocycles. The van der Waals surface area contributed by atoms with Gasteiger partial charge in [-0.15, -0.1) is 24.0 Å². The highest BCUT2D eigenvalue weighted by Crippen LogP contribution is 2.26. The topological polar surface area (TPSA) is 49.3 Å². The normalized spacial score (nSPS) is 17.7. The molecule has 0 bridgehead atoms. The number of rotatable bonds is 7. The van der Waals surface area contributed by atoms with E-state index in [0.717, 1.165) is 64.6 Å². The number of ether oxygens (including phenoxy) is 2. The molecule has 1 aromatic carbocycles. The van der Waals surface area contributed by atoms with Crippen LogP contribution in [-0.2, 0) is 22.4 Å². The summed E-state index contributed by atoms with van der Waals surface area (Å²) in [6.07, 6.45) is 5.86. The maximum absolute atomic E-state index is 5.97. The number of benzene rings is 1. The molecule has 2 aliphatic rings. The largest absolute Gasteiger partial charge is 0.385 e. The van der Waals surface area contributed by atoms with Crippen molar-refractivity contribution in [2.75, 3.05) is 59.0 Å². The van der Waals surface area contributed by atoms with Crippen LogP contribution in [0.1, 0.15) is 36.8 Å². The van der Waals surface area contributed by atoms with E-state index in [1.165, 1.54) is 29.7 Å². The van der Waals surface area contributed by atoms with E-state index in [2.05, 4.69) is 45.4 Å². The van der Waals surface area contributed by atoms with E-state index in [1.54, 1.807) is 7.11 Å². The van der Waals surface area contributed by atoms with Crippen LogP contribution in [0.4, 0.5) is 5.69 Å². The molecule has 2 heterocycles. The van der Waals surface area contributed by atoms with Crippen LogP contribution >= 0.6 is 24.0 Å². The Labute approximate surface area is 193 Å². The van der Waals surface area contributed by atoms with Gasteiger partial charge in [0.1, 0.15) is 0 Å². The SMILES string of the molecule is CN=C(NCc1ccc2c(c1)CCCN2C)N1CCC(OCCCOC)CC1.I. The maximum atomic E-state index is 5.97. The van der Waals surface area contributed by atoms with Gasteiger partial charge in [-0.2, -0.15) is 0 Å². The quantitative estimate of drug-likeness (QED) is 0.261. The number of nitrogens with one attached hydrogen (secondary N) is 1. The van der Waals surface area contributed by atoms with E-state index in [9.17, 15) is 0 Å².